The van der Waals surface area contributed by atoms with Gasteiger partial charge in [0.1, 0.15) is 12.4 Å². The molecule has 180 valence electrons. The summed E-state index contributed by atoms with van der Waals surface area (Å²) in [6.07, 6.45) is 3.91. The molecule has 1 amide bonds. The van der Waals surface area contributed by atoms with Crippen molar-refractivity contribution >= 4 is 63.4 Å². The van der Waals surface area contributed by atoms with Crippen molar-refractivity contribution in [3.05, 3.63) is 88.8 Å². The number of benzene rings is 3. The van der Waals surface area contributed by atoms with Crippen LogP contribution in [0.25, 0.3) is 6.08 Å². The number of carbonyl (C=O) groups excluding carboxylic acids is 1. The van der Waals surface area contributed by atoms with E-state index >= 15 is 0 Å². The Morgan fingerprint density at radius 1 is 1.03 bits per heavy atom. The molecule has 0 aliphatic carbocycles. The van der Waals surface area contributed by atoms with Crippen molar-refractivity contribution in [1.29, 1.82) is 0 Å². The topological polar surface area (TPSA) is 32.8 Å². The second-order valence-electron chi connectivity index (χ2n) is 7.89. The fourth-order valence-corrected chi connectivity index (χ4v) is 5.61. The van der Waals surface area contributed by atoms with Crippen molar-refractivity contribution in [2.75, 3.05) is 29.1 Å². The maximum atomic E-state index is 13.4. The first kappa shape index (κ1) is 25.4. The Bertz CT molecular complexity index is 1240. The first-order valence-corrected chi connectivity index (χ1v) is 14.0. The maximum absolute atomic E-state index is 13.4. The number of nitrogens with zero attached hydrogens (tertiary/aromatic N) is 2. The number of anilines is 2. The minimum atomic E-state index is -0.111. The minimum absolute atomic E-state index is 0.111. The van der Waals surface area contributed by atoms with Crippen LogP contribution in [0.5, 0.6) is 5.75 Å². The highest BCUT2D eigenvalue weighted by atomic mass is 32.2. The molecular weight excluding hydrogens is 493 g/mol. The Morgan fingerprint density at radius 3 is 2.51 bits per heavy atom. The van der Waals surface area contributed by atoms with E-state index in [9.17, 15) is 4.79 Å². The van der Waals surface area contributed by atoms with E-state index in [2.05, 4.69) is 30.9 Å². The van der Waals surface area contributed by atoms with Crippen LogP contribution in [0.2, 0.25) is 0 Å². The Labute approximate surface area is 221 Å². The van der Waals surface area contributed by atoms with Gasteiger partial charge in [-0.25, -0.2) is 0 Å². The Morgan fingerprint density at radius 2 is 1.80 bits per heavy atom. The summed E-state index contributed by atoms with van der Waals surface area (Å²) in [4.78, 5) is 18.9. The van der Waals surface area contributed by atoms with Crippen LogP contribution in [0.4, 0.5) is 11.4 Å². The van der Waals surface area contributed by atoms with Crippen LogP contribution in [-0.4, -0.2) is 29.6 Å². The van der Waals surface area contributed by atoms with Crippen LogP contribution in [0.15, 0.2) is 82.6 Å². The van der Waals surface area contributed by atoms with Crippen molar-refractivity contribution in [3.63, 3.8) is 0 Å². The number of thioether (sulfide) groups is 2. The average Bonchev–Trinajstić information content (AvgIpc) is 3.17. The van der Waals surface area contributed by atoms with E-state index in [-0.39, 0.29) is 5.91 Å². The molecule has 0 atom stereocenters. The monoisotopic (exact) mass is 520 g/mol. The van der Waals surface area contributed by atoms with Gasteiger partial charge in [-0.15, -0.1) is 11.8 Å². The van der Waals surface area contributed by atoms with Crippen LogP contribution in [-0.2, 0) is 11.4 Å². The zero-order valence-electron chi connectivity index (χ0n) is 20.1. The third kappa shape index (κ3) is 5.92. The van der Waals surface area contributed by atoms with Gasteiger partial charge in [0.25, 0.3) is 5.91 Å². The molecule has 4 nitrogen and oxygen atoms in total. The lowest BCUT2D eigenvalue weighted by atomic mass is 10.1. The van der Waals surface area contributed by atoms with E-state index in [1.54, 1.807) is 16.7 Å². The molecule has 1 fully saturated rings. The summed E-state index contributed by atoms with van der Waals surface area (Å²) in [5.74, 6) is 0.632. The zero-order valence-corrected chi connectivity index (χ0v) is 22.5. The number of amides is 1. The third-order valence-electron chi connectivity index (χ3n) is 5.75. The normalized spacial score (nSPS) is 14.6. The number of carbonyl (C=O) groups is 1. The van der Waals surface area contributed by atoms with Crippen LogP contribution >= 0.6 is 35.7 Å². The number of ether oxygens (including phenoxy) is 1. The fourth-order valence-electron chi connectivity index (χ4n) is 3.87. The summed E-state index contributed by atoms with van der Waals surface area (Å²) in [5.41, 5.74) is 3.83. The molecule has 1 aliphatic heterocycles. The number of thiocarbonyl (C=S) groups is 1. The highest BCUT2D eigenvalue weighted by Crippen LogP contribution is 2.38. The van der Waals surface area contributed by atoms with Crippen molar-refractivity contribution in [2.45, 2.75) is 25.3 Å². The van der Waals surface area contributed by atoms with E-state index in [4.69, 9.17) is 17.0 Å². The smallest absolute Gasteiger partial charge is 0.270 e. The lowest BCUT2D eigenvalue weighted by molar-refractivity contribution is -0.113. The van der Waals surface area contributed by atoms with Gasteiger partial charge in [0.2, 0.25) is 0 Å². The summed E-state index contributed by atoms with van der Waals surface area (Å²) in [7, 11) is 0. The van der Waals surface area contributed by atoms with Crippen molar-refractivity contribution in [1.82, 2.24) is 0 Å². The molecule has 3 aromatic rings. The highest BCUT2D eigenvalue weighted by Gasteiger charge is 2.33. The molecule has 7 heteroatoms. The lowest BCUT2D eigenvalue weighted by Gasteiger charge is -2.22. The Balaban J connectivity index is 1.66. The predicted octanol–water partition coefficient (Wildman–Crippen LogP) is 7.24. The van der Waals surface area contributed by atoms with Gasteiger partial charge in [-0.2, -0.15) is 0 Å². The number of hydrogen-bond donors (Lipinski definition) is 0. The van der Waals surface area contributed by atoms with E-state index in [0.29, 0.717) is 15.8 Å². The van der Waals surface area contributed by atoms with Crippen LogP contribution < -0.4 is 14.5 Å². The van der Waals surface area contributed by atoms with Gasteiger partial charge in [0, 0.05) is 35.3 Å². The molecule has 1 heterocycles. The van der Waals surface area contributed by atoms with Crippen LogP contribution in [0, 0.1) is 0 Å². The van der Waals surface area contributed by atoms with E-state index in [0.717, 1.165) is 46.2 Å². The Hall–Kier alpha value is -2.74. The van der Waals surface area contributed by atoms with E-state index in [1.807, 2.05) is 73.0 Å². The maximum Gasteiger partial charge on any atom is 0.270 e. The summed E-state index contributed by atoms with van der Waals surface area (Å²) < 4.78 is 6.81. The van der Waals surface area contributed by atoms with Gasteiger partial charge < -0.3 is 9.64 Å². The van der Waals surface area contributed by atoms with Gasteiger partial charge >= 0.3 is 0 Å². The summed E-state index contributed by atoms with van der Waals surface area (Å²) in [6.45, 7) is 6.54. The summed E-state index contributed by atoms with van der Waals surface area (Å²) in [6, 6.07) is 24.1. The molecule has 0 saturated carbocycles. The molecular formula is C28H28N2O2S3. The van der Waals surface area contributed by atoms with Gasteiger partial charge in [-0.1, -0.05) is 60.4 Å². The molecule has 4 rings (SSSR count). The molecule has 1 saturated heterocycles. The number of rotatable bonds is 9. The second kappa shape index (κ2) is 11.8. The van der Waals surface area contributed by atoms with Gasteiger partial charge in [0.05, 0.1) is 10.6 Å². The van der Waals surface area contributed by atoms with Gasteiger partial charge in [0.15, 0.2) is 4.32 Å². The molecule has 0 N–H and O–H groups in total. The highest BCUT2D eigenvalue weighted by molar-refractivity contribution is 8.27. The largest absolute Gasteiger partial charge is 0.488 e. The van der Waals surface area contributed by atoms with Crippen molar-refractivity contribution in [2.24, 2.45) is 0 Å². The lowest BCUT2D eigenvalue weighted by Crippen LogP contribution is -2.27. The van der Waals surface area contributed by atoms with Gasteiger partial charge in [-0.05, 0) is 62.1 Å². The minimum Gasteiger partial charge on any atom is -0.488 e. The molecule has 1 aliphatic rings. The first-order valence-electron chi connectivity index (χ1n) is 11.5. The third-order valence-corrected chi connectivity index (χ3v) is 7.78. The van der Waals surface area contributed by atoms with E-state index < -0.39 is 0 Å². The molecule has 0 unspecified atom stereocenters. The molecule has 0 spiro atoms. The average molecular weight is 521 g/mol. The predicted molar refractivity (Wildman–Crippen MR) is 155 cm³/mol. The quantitative estimate of drug-likeness (QED) is 0.168. The van der Waals surface area contributed by atoms with Gasteiger partial charge in [-0.3, -0.25) is 9.69 Å². The van der Waals surface area contributed by atoms with E-state index in [1.165, 1.54) is 11.8 Å². The molecule has 35 heavy (non-hydrogen) atoms. The van der Waals surface area contributed by atoms with Crippen molar-refractivity contribution < 1.29 is 9.53 Å². The first-order chi connectivity index (χ1) is 17.0. The van der Waals surface area contributed by atoms with Crippen LogP contribution in [0.3, 0.4) is 0 Å². The molecule has 0 aromatic heterocycles. The zero-order chi connectivity index (χ0) is 24.8. The summed E-state index contributed by atoms with van der Waals surface area (Å²) >= 11 is 8.55. The number of hydrogen-bond acceptors (Lipinski definition) is 6. The van der Waals surface area contributed by atoms with Crippen molar-refractivity contribution in [3.8, 4) is 5.75 Å². The molecule has 0 bridgehead atoms. The standard InChI is InChI=1S/C28H28N2O2S3/c1-4-29(5-2)22-15-14-21(25(18-22)32-19-20-10-7-6-8-11-20)16-26-27(31)30(28(33)35-26)23-12-9-13-24(17-23)34-3/h6-18H,4-5,19H2,1-3H3/b26-16+. The fraction of sp³-hybridized carbons (Fsp3) is 0.214. The van der Waals surface area contributed by atoms with Crippen LogP contribution in [0.1, 0.15) is 25.0 Å². The summed E-state index contributed by atoms with van der Waals surface area (Å²) in [5, 5.41) is 0. The Kier molecular flexibility index (Phi) is 8.55. The molecule has 3 aromatic carbocycles. The second-order valence-corrected chi connectivity index (χ2v) is 10.4. The molecule has 0 radical (unpaired) electrons. The SMILES string of the molecule is CCN(CC)c1ccc(/C=C2/SC(=S)N(c3cccc(SC)c3)C2=O)c(OCc2ccccc2)c1.